The minimum atomic E-state index is -0.616. The van der Waals surface area contributed by atoms with Crippen LogP contribution in [0, 0.1) is 11.8 Å². The summed E-state index contributed by atoms with van der Waals surface area (Å²) in [6.07, 6.45) is 13.6. The van der Waals surface area contributed by atoms with E-state index in [1.165, 1.54) is 64.2 Å². The van der Waals surface area contributed by atoms with E-state index in [4.69, 9.17) is 0 Å². The van der Waals surface area contributed by atoms with E-state index in [2.05, 4.69) is 12.2 Å². The van der Waals surface area contributed by atoms with Gasteiger partial charge in [0.15, 0.2) is 0 Å². The van der Waals surface area contributed by atoms with E-state index < -0.39 is 10.8 Å². The molecule has 0 radical (unpaired) electrons. The van der Waals surface area contributed by atoms with E-state index in [0.717, 1.165) is 17.6 Å². The third-order valence-corrected chi connectivity index (χ3v) is 7.59. The van der Waals surface area contributed by atoms with Gasteiger partial charge in [0.2, 0.25) is 0 Å². The highest BCUT2D eigenvalue weighted by Crippen LogP contribution is 2.44. The molecule has 3 heteroatoms. The van der Waals surface area contributed by atoms with Gasteiger partial charge in [-0.1, -0.05) is 32.6 Å². The van der Waals surface area contributed by atoms with Crippen LogP contribution in [0.25, 0.3) is 0 Å². The first-order chi connectivity index (χ1) is 9.78. The van der Waals surface area contributed by atoms with Gasteiger partial charge in [-0.15, -0.1) is 0 Å². The molecule has 0 spiro atoms. The van der Waals surface area contributed by atoms with Crippen molar-refractivity contribution < 1.29 is 4.21 Å². The molecule has 3 rings (SSSR count). The third kappa shape index (κ3) is 3.65. The number of nitrogens with one attached hydrogen (secondary N) is 1. The van der Waals surface area contributed by atoms with Gasteiger partial charge in [-0.2, -0.15) is 0 Å². The van der Waals surface area contributed by atoms with Crippen molar-refractivity contribution in [2.24, 2.45) is 11.8 Å². The Morgan fingerprint density at radius 3 is 2.50 bits per heavy atom. The van der Waals surface area contributed by atoms with Gasteiger partial charge in [-0.05, 0) is 50.4 Å². The molecule has 3 aliphatic rings. The van der Waals surface area contributed by atoms with Crippen molar-refractivity contribution in [3.63, 3.8) is 0 Å². The van der Waals surface area contributed by atoms with E-state index in [1.54, 1.807) is 0 Å². The molecule has 116 valence electrons. The van der Waals surface area contributed by atoms with Gasteiger partial charge in [-0.3, -0.25) is 4.21 Å². The van der Waals surface area contributed by atoms with Crippen molar-refractivity contribution in [2.75, 3.05) is 5.75 Å². The molecule has 0 bridgehead atoms. The second-order valence-corrected chi connectivity index (χ2v) is 9.17. The Labute approximate surface area is 126 Å². The van der Waals surface area contributed by atoms with Crippen molar-refractivity contribution >= 4 is 10.8 Å². The fraction of sp³-hybridized carbons (Fsp3) is 1.00. The summed E-state index contributed by atoms with van der Waals surface area (Å²) in [5, 5.41) is 4.37. The van der Waals surface area contributed by atoms with Crippen LogP contribution in [-0.2, 0) is 10.8 Å². The zero-order valence-electron chi connectivity index (χ0n) is 13.0. The highest BCUT2D eigenvalue weighted by Gasteiger charge is 2.36. The quantitative estimate of drug-likeness (QED) is 0.839. The second-order valence-electron chi connectivity index (χ2n) is 7.23. The summed E-state index contributed by atoms with van der Waals surface area (Å²) in [4.78, 5) is 0. The molecule has 0 unspecified atom stereocenters. The SMILES string of the molecule is CC[S@](=O)[C@@H]1CCCC[C@@H]1N[C@H]1CCC[C@H](C2CC2)C1. The fourth-order valence-electron chi connectivity index (χ4n) is 4.49. The van der Waals surface area contributed by atoms with Gasteiger partial charge in [0.1, 0.15) is 0 Å². The Hall–Kier alpha value is 0.110. The molecule has 0 saturated heterocycles. The van der Waals surface area contributed by atoms with Crippen LogP contribution in [0.1, 0.15) is 71.1 Å². The third-order valence-electron chi connectivity index (χ3n) is 5.78. The lowest BCUT2D eigenvalue weighted by molar-refractivity contribution is 0.231. The lowest BCUT2D eigenvalue weighted by atomic mass is 9.82. The molecule has 0 amide bonds. The molecule has 3 aliphatic carbocycles. The molecule has 3 saturated carbocycles. The van der Waals surface area contributed by atoms with Crippen molar-refractivity contribution in [1.82, 2.24) is 5.32 Å². The molecule has 5 atom stereocenters. The van der Waals surface area contributed by atoms with E-state index in [-0.39, 0.29) is 0 Å². The molecule has 0 aromatic heterocycles. The standard InChI is InChI=1S/C17H31NOS/c1-2-20(19)17-9-4-3-8-16(17)18-15-7-5-6-14(12-15)13-10-11-13/h13-18H,2-12H2,1H3/t14-,15-,16-,17+,20-/m0/s1. The van der Waals surface area contributed by atoms with Crippen molar-refractivity contribution in [3.05, 3.63) is 0 Å². The maximum atomic E-state index is 12.3. The Balaban J connectivity index is 1.55. The van der Waals surface area contributed by atoms with Crippen LogP contribution >= 0.6 is 0 Å². The molecule has 2 nitrogen and oxygen atoms in total. The molecule has 1 N–H and O–H groups in total. The van der Waals surface area contributed by atoms with Crippen molar-refractivity contribution in [1.29, 1.82) is 0 Å². The lowest BCUT2D eigenvalue weighted by Gasteiger charge is -2.37. The zero-order valence-corrected chi connectivity index (χ0v) is 13.8. The fourth-order valence-corrected chi connectivity index (χ4v) is 5.93. The number of hydrogen-bond acceptors (Lipinski definition) is 2. The van der Waals surface area contributed by atoms with Crippen LogP contribution in [0.2, 0.25) is 0 Å². The number of hydrogen-bond donors (Lipinski definition) is 1. The van der Waals surface area contributed by atoms with Gasteiger partial charge in [-0.25, -0.2) is 0 Å². The Bertz CT molecular complexity index is 342. The Morgan fingerprint density at radius 1 is 0.950 bits per heavy atom. The minimum absolute atomic E-state index is 0.426. The average molecular weight is 298 g/mol. The van der Waals surface area contributed by atoms with E-state index >= 15 is 0 Å². The normalized spacial score (nSPS) is 40.5. The van der Waals surface area contributed by atoms with E-state index in [9.17, 15) is 4.21 Å². The van der Waals surface area contributed by atoms with Crippen molar-refractivity contribution in [2.45, 2.75) is 88.5 Å². The Kier molecular flexibility index (Phi) is 5.19. The second kappa shape index (κ2) is 6.91. The molecule has 0 heterocycles. The van der Waals surface area contributed by atoms with Gasteiger partial charge in [0, 0.05) is 28.6 Å². The monoisotopic (exact) mass is 297 g/mol. The zero-order chi connectivity index (χ0) is 13.9. The first-order valence-corrected chi connectivity index (χ1v) is 10.3. The van der Waals surface area contributed by atoms with Gasteiger partial charge >= 0.3 is 0 Å². The molecule has 0 aromatic carbocycles. The maximum Gasteiger partial charge on any atom is 0.0501 e. The lowest BCUT2D eigenvalue weighted by Crippen LogP contribution is -2.50. The van der Waals surface area contributed by atoms with Gasteiger partial charge < -0.3 is 5.32 Å². The average Bonchev–Trinajstić information content (AvgIpc) is 3.32. The molecular weight excluding hydrogens is 266 g/mol. The highest BCUT2D eigenvalue weighted by molar-refractivity contribution is 7.85. The van der Waals surface area contributed by atoms with Gasteiger partial charge in [0.05, 0.1) is 5.25 Å². The maximum absolute atomic E-state index is 12.3. The summed E-state index contributed by atoms with van der Waals surface area (Å²) in [5.41, 5.74) is 0. The summed E-state index contributed by atoms with van der Waals surface area (Å²) in [6.45, 7) is 2.07. The van der Waals surface area contributed by atoms with Crippen molar-refractivity contribution in [3.8, 4) is 0 Å². The summed E-state index contributed by atoms with van der Waals surface area (Å²) >= 11 is 0. The van der Waals surface area contributed by atoms with E-state index in [1.807, 2.05) is 0 Å². The van der Waals surface area contributed by atoms with Crippen LogP contribution in [0.3, 0.4) is 0 Å². The summed E-state index contributed by atoms with van der Waals surface area (Å²) in [7, 11) is -0.616. The van der Waals surface area contributed by atoms with Gasteiger partial charge in [0.25, 0.3) is 0 Å². The Morgan fingerprint density at radius 2 is 1.75 bits per heavy atom. The van der Waals surface area contributed by atoms with Crippen LogP contribution in [-0.4, -0.2) is 27.3 Å². The molecule has 0 aromatic rings. The first kappa shape index (κ1) is 15.0. The van der Waals surface area contributed by atoms with Crippen LogP contribution < -0.4 is 5.32 Å². The summed E-state index contributed by atoms with van der Waals surface area (Å²) in [5.74, 6) is 2.89. The largest absolute Gasteiger partial charge is 0.310 e. The highest BCUT2D eigenvalue weighted by atomic mass is 32.2. The smallest absolute Gasteiger partial charge is 0.0501 e. The topological polar surface area (TPSA) is 29.1 Å². The van der Waals surface area contributed by atoms with Crippen LogP contribution in [0.5, 0.6) is 0 Å². The molecule has 0 aliphatic heterocycles. The predicted octanol–water partition coefficient (Wildman–Crippen LogP) is 3.62. The molecule has 3 fully saturated rings. The minimum Gasteiger partial charge on any atom is -0.310 e. The van der Waals surface area contributed by atoms with Crippen LogP contribution in [0.15, 0.2) is 0 Å². The first-order valence-electron chi connectivity index (χ1n) is 8.91. The van der Waals surface area contributed by atoms with Crippen LogP contribution in [0.4, 0.5) is 0 Å². The van der Waals surface area contributed by atoms with E-state index in [0.29, 0.717) is 17.3 Å². The molecular formula is C17H31NOS. The number of rotatable bonds is 5. The summed E-state index contributed by atoms with van der Waals surface area (Å²) < 4.78 is 12.3. The predicted molar refractivity (Wildman–Crippen MR) is 86.3 cm³/mol. The molecule has 20 heavy (non-hydrogen) atoms. The summed E-state index contributed by atoms with van der Waals surface area (Å²) in [6, 6.07) is 1.25.